The molecule has 0 aliphatic heterocycles. The van der Waals surface area contributed by atoms with Gasteiger partial charge in [0, 0.05) is 23.4 Å². The Kier molecular flexibility index (Phi) is 4.50. The van der Waals surface area contributed by atoms with Crippen molar-refractivity contribution in [3.63, 3.8) is 0 Å². The molecule has 0 radical (unpaired) electrons. The summed E-state index contributed by atoms with van der Waals surface area (Å²) >= 11 is 0. The lowest BCUT2D eigenvalue weighted by atomic mass is 10.2. The van der Waals surface area contributed by atoms with E-state index in [1.165, 1.54) is 24.3 Å². The standard InChI is InChI=1S/C16H15N7O4/c1-8-6-11(4-5-12(8)23(26)27)19-20-14-10(3)21-22(15(14)25)16-17-9(2)7-13(24)18-16/h4-7,21H,1-3H3,(H,17,18,24). The highest BCUT2D eigenvalue weighted by Crippen LogP contribution is 2.25. The van der Waals surface area contributed by atoms with Gasteiger partial charge in [-0.05, 0) is 32.9 Å². The molecule has 3 rings (SSSR count). The van der Waals surface area contributed by atoms with E-state index in [1.807, 2.05) is 0 Å². The van der Waals surface area contributed by atoms with Gasteiger partial charge in [-0.15, -0.1) is 5.11 Å². The van der Waals surface area contributed by atoms with Gasteiger partial charge in [-0.1, -0.05) is 0 Å². The molecule has 0 amide bonds. The van der Waals surface area contributed by atoms with Gasteiger partial charge in [0.15, 0.2) is 5.69 Å². The molecule has 2 heterocycles. The van der Waals surface area contributed by atoms with Crippen molar-refractivity contribution in [2.24, 2.45) is 10.2 Å². The molecule has 0 saturated heterocycles. The van der Waals surface area contributed by atoms with E-state index in [9.17, 15) is 19.7 Å². The molecule has 2 aromatic heterocycles. The van der Waals surface area contributed by atoms with E-state index in [1.54, 1.807) is 20.8 Å². The first-order valence-corrected chi connectivity index (χ1v) is 7.83. The maximum atomic E-state index is 12.6. The molecule has 11 heteroatoms. The normalized spacial score (nSPS) is 11.2. The van der Waals surface area contributed by atoms with Crippen LogP contribution in [0.5, 0.6) is 0 Å². The smallest absolute Gasteiger partial charge is 0.291 e. The van der Waals surface area contributed by atoms with Crippen LogP contribution in [0.15, 0.2) is 44.1 Å². The number of H-pyrrole nitrogens is 2. The molecule has 0 spiro atoms. The Labute approximate surface area is 151 Å². The first kappa shape index (κ1) is 17.9. The monoisotopic (exact) mass is 369 g/mol. The van der Waals surface area contributed by atoms with Crippen LogP contribution in [0.4, 0.5) is 17.1 Å². The van der Waals surface area contributed by atoms with Gasteiger partial charge >= 0.3 is 5.56 Å². The Bertz CT molecular complexity index is 1190. The summed E-state index contributed by atoms with van der Waals surface area (Å²) < 4.78 is 1.07. The maximum absolute atomic E-state index is 12.6. The summed E-state index contributed by atoms with van der Waals surface area (Å²) in [6.07, 6.45) is 0. The van der Waals surface area contributed by atoms with Gasteiger partial charge in [-0.25, -0.2) is 4.98 Å². The van der Waals surface area contributed by atoms with Crippen molar-refractivity contribution < 1.29 is 4.92 Å². The SMILES string of the molecule is Cc1cc(=O)[nH]c(-n2[nH]c(C)c(N=Nc3ccc([N+](=O)[O-])c(C)c3)c2=O)n1. The van der Waals surface area contributed by atoms with Crippen LogP contribution < -0.4 is 11.1 Å². The van der Waals surface area contributed by atoms with E-state index < -0.39 is 10.5 Å². The number of benzene rings is 1. The topological polar surface area (TPSA) is 151 Å². The van der Waals surface area contributed by atoms with E-state index in [2.05, 4.69) is 25.3 Å². The minimum absolute atomic E-state index is 0.0244. The third kappa shape index (κ3) is 3.56. The number of nitrogens with one attached hydrogen (secondary N) is 2. The zero-order valence-electron chi connectivity index (χ0n) is 14.7. The van der Waals surface area contributed by atoms with Crippen molar-refractivity contribution in [1.82, 2.24) is 19.7 Å². The molecule has 0 bridgehead atoms. The number of aromatic nitrogens is 4. The first-order chi connectivity index (χ1) is 12.8. The second kappa shape index (κ2) is 6.78. The zero-order chi connectivity index (χ0) is 19.7. The predicted molar refractivity (Wildman–Crippen MR) is 96.3 cm³/mol. The largest absolute Gasteiger partial charge is 0.301 e. The molecule has 1 aromatic carbocycles. The van der Waals surface area contributed by atoms with Crippen molar-refractivity contribution in [3.8, 4) is 5.95 Å². The summed E-state index contributed by atoms with van der Waals surface area (Å²) in [7, 11) is 0. The second-order valence-corrected chi connectivity index (χ2v) is 5.86. The summed E-state index contributed by atoms with van der Waals surface area (Å²) in [6, 6.07) is 5.58. The van der Waals surface area contributed by atoms with Crippen molar-refractivity contribution in [1.29, 1.82) is 0 Å². The van der Waals surface area contributed by atoms with Crippen LogP contribution in [0.1, 0.15) is 17.0 Å². The molecule has 138 valence electrons. The summed E-state index contributed by atoms with van der Waals surface area (Å²) in [6.45, 7) is 4.85. The molecule has 0 fully saturated rings. The van der Waals surface area contributed by atoms with Gasteiger partial charge in [-0.2, -0.15) is 9.80 Å². The van der Waals surface area contributed by atoms with Crippen molar-refractivity contribution in [2.75, 3.05) is 0 Å². The lowest BCUT2D eigenvalue weighted by Gasteiger charge is -2.00. The van der Waals surface area contributed by atoms with Gasteiger partial charge in [0.1, 0.15) is 0 Å². The lowest BCUT2D eigenvalue weighted by Crippen LogP contribution is -2.21. The fourth-order valence-corrected chi connectivity index (χ4v) is 2.49. The van der Waals surface area contributed by atoms with Gasteiger partial charge in [0.25, 0.3) is 11.2 Å². The number of rotatable bonds is 4. The third-order valence-corrected chi connectivity index (χ3v) is 3.75. The summed E-state index contributed by atoms with van der Waals surface area (Å²) in [5.41, 5.74) is 0.764. The number of azo groups is 1. The van der Waals surface area contributed by atoms with Gasteiger partial charge in [0.2, 0.25) is 5.95 Å². The van der Waals surface area contributed by atoms with E-state index in [-0.39, 0.29) is 22.9 Å². The molecule has 3 aromatic rings. The Morgan fingerprint density at radius 1 is 1.15 bits per heavy atom. The average molecular weight is 369 g/mol. The van der Waals surface area contributed by atoms with Crippen molar-refractivity contribution >= 4 is 17.1 Å². The summed E-state index contributed by atoms with van der Waals surface area (Å²) in [4.78, 5) is 41.1. The average Bonchev–Trinajstić information content (AvgIpc) is 2.86. The lowest BCUT2D eigenvalue weighted by molar-refractivity contribution is -0.385. The molecule has 0 saturated carbocycles. The molecule has 11 nitrogen and oxygen atoms in total. The van der Waals surface area contributed by atoms with Gasteiger partial charge in [-0.3, -0.25) is 29.8 Å². The number of hydrogen-bond acceptors (Lipinski definition) is 7. The van der Waals surface area contributed by atoms with Gasteiger partial charge < -0.3 is 0 Å². The molecule has 0 aliphatic rings. The van der Waals surface area contributed by atoms with Gasteiger partial charge in [0.05, 0.1) is 16.3 Å². The van der Waals surface area contributed by atoms with Crippen LogP contribution >= 0.6 is 0 Å². The Hall–Kier alpha value is -3.89. The Morgan fingerprint density at radius 3 is 2.52 bits per heavy atom. The highest BCUT2D eigenvalue weighted by Gasteiger charge is 2.14. The van der Waals surface area contributed by atoms with E-state index in [4.69, 9.17) is 0 Å². The minimum atomic E-state index is -0.538. The highest BCUT2D eigenvalue weighted by atomic mass is 16.6. The van der Waals surface area contributed by atoms with E-state index in [0.29, 0.717) is 22.6 Å². The molecule has 0 unspecified atom stereocenters. The summed E-state index contributed by atoms with van der Waals surface area (Å²) in [5, 5.41) is 21.6. The van der Waals surface area contributed by atoms with Crippen LogP contribution in [-0.2, 0) is 0 Å². The van der Waals surface area contributed by atoms with E-state index in [0.717, 1.165) is 4.68 Å². The summed E-state index contributed by atoms with van der Waals surface area (Å²) in [5.74, 6) is 0.0423. The van der Waals surface area contributed by atoms with Crippen molar-refractivity contribution in [3.05, 3.63) is 72.0 Å². The number of aromatic amines is 2. The van der Waals surface area contributed by atoms with Crippen LogP contribution in [-0.4, -0.2) is 24.7 Å². The van der Waals surface area contributed by atoms with Crippen LogP contribution in [0.25, 0.3) is 5.95 Å². The molecular formula is C16H15N7O4. The third-order valence-electron chi connectivity index (χ3n) is 3.75. The Balaban J connectivity index is 1.99. The number of nitro groups is 1. The Morgan fingerprint density at radius 2 is 1.89 bits per heavy atom. The number of nitrogens with zero attached hydrogens (tertiary/aromatic N) is 5. The number of hydrogen-bond donors (Lipinski definition) is 2. The number of aryl methyl sites for hydroxylation is 3. The van der Waals surface area contributed by atoms with Crippen LogP contribution in [0.3, 0.4) is 0 Å². The molecular weight excluding hydrogens is 354 g/mol. The van der Waals surface area contributed by atoms with E-state index >= 15 is 0 Å². The first-order valence-electron chi connectivity index (χ1n) is 7.83. The molecule has 0 atom stereocenters. The molecule has 2 N–H and O–H groups in total. The highest BCUT2D eigenvalue weighted by molar-refractivity contribution is 5.50. The number of nitro benzene ring substituents is 1. The second-order valence-electron chi connectivity index (χ2n) is 5.86. The van der Waals surface area contributed by atoms with Crippen LogP contribution in [0, 0.1) is 30.9 Å². The molecule has 27 heavy (non-hydrogen) atoms. The minimum Gasteiger partial charge on any atom is -0.291 e. The zero-order valence-corrected chi connectivity index (χ0v) is 14.7. The predicted octanol–water partition coefficient (Wildman–Crippen LogP) is 2.50. The fraction of sp³-hybridized carbons (Fsp3) is 0.188. The fourth-order valence-electron chi connectivity index (χ4n) is 2.49. The van der Waals surface area contributed by atoms with Crippen LogP contribution in [0.2, 0.25) is 0 Å². The maximum Gasteiger partial charge on any atom is 0.301 e. The quantitative estimate of drug-likeness (QED) is 0.411. The van der Waals surface area contributed by atoms with Crippen molar-refractivity contribution in [2.45, 2.75) is 20.8 Å². The molecule has 0 aliphatic carbocycles.